The minimum Gasteiger partial charge on any atom is -0.490 e. The third-order valence-electron chi connectivity index (χ3n) is 5.45. The number of amides is 1. The van der Waals surface area contributed by atoms with E-state index in [1.54, 1.807) is 0 Å². The molecule has 5 nitrogen and oxygen atoms in total. The number of aliphatic carboxylic acids is 1. The minimum absolute atomic E-state index is 0.121. The quantitative estimate of drug-likeness (QED) is 0.909. The van der Waals surface area contributed by atoms with E-state index in [2.05, 4.69) is 0 Å². The van der Waals surface area contributed by atoms with E-state index in [-0.39, 0.29) is 23.8 Å². The van der Waals surface area contributed by atoms with Gasteiger partial charge in [-0.1, -0.05) is 24.1 Å². The van der Waals surface area contributed by atoms with Gasteiger partial charge in [-0.3, -0.25) is 9.59 Å². The Hall–Kier alpha value is -2.04. The standard InChI is InChI=1S/C20H27NO4/c1-14-5-7-17(8-6-14)25-18-9-11-21(12-10-18)19(22)15-3-2-4-16(13-15)20(23)24/h5-8,15-16,18H,2-4,9-13H2,1H3,(H,23,24). The number of benzene rings is 1. The summed E-state index contributed by atoms with van der Waals surface area (Å²) in [7, 11) is 0. The Labute approximate surface area is 149 Å². The first-order valence-corrected chi connectivity index (χ1v) is 9.28. The fourth-order valence-electron chi connectivity index (χ4n) is 3.90. The van der Waals surface area contributed by atoms with Crippen LogP contribution >= 0.6 is 0 Å². The number of carboxylic acid groups (broad SMARTS) is 1. The number of carboxylic acids is 1. The SMILES string of the molecule is Cc1ccc(OC2CCN(C(=O)C3CCCC(C(=O)O)C3)CC2)cc1. The van der Waals surface area contributed by atoms with E-state index in [0.29, 0.717) is 25.9 Å². The third-order valence-corrected chi connectivity index (χ3v) is 5.45. The van der Waals surface area contributed by atoms with Crippen molar-refractivity contribution in [2.24, 2.45) is 11.8 Å². The second-order valence-electron chi connectivity index (χ2n) is 7.35. The van der Waals surface area contributed by atoms with Crippen LogP contribution in [0.5, 0.6) is 5.75 Å². The van der Waals surface area contributed by atoms with Crippen molar-refractivity contribution in [2.75, 3.05) is 13.1 Å². The van der Waals surface area contributed by atoms with Crippen molar-refractivity contribution < 1.29 is 19.4 Å². The molecule has 1 aromatic rings. The van der Waals surface area contributed by atoms with Crippen molar-refractivity contribution in [2.45, 2.75) is 51.6 Å². The molecule has 2 aliphatic rings. The number of rotatable bonds is 4. The molecule has 1 aliphatic carbocycles. The van der Waals surface area contributed by atoms with Crippen LogP contribution in [0.3, 0.4) is 0 Å². The molecule has 136 valence electrons. The van der Waals surface area contributed by atoms with Crippen LogP contribution in [0, 0.1) is 18.8 Å². The highest BCUT2D eigenvalue weighted by Crippen LogP contribution is 2.31. The first-order valence-electron chi connectivity index (χ1n) is 9.28. The van der Waals surface area contributed by atoms with Crippen LogP contribution in [0.15, 0.2) is 24.3 Å². The topological polar surface area (TPSA) is 66.8 Å². The van der Waals surface area contributed by atoms with Crippen molar-refractivity contribution in [3.8, 4) is 5.75 Å². The Bertz CT molecular complexity index is 605. The van der Waals surface area contributed by atoms with Crippen LogP contribution in [0.4, 0.5) is 0 Å². The number of nitrogens with zero attached hydrogens (tertiary/aromatic N) is 1. The maximum Gasteiger partial charge on any atom is 0.306 e. The van der Waals surface area contributed by atoms with Crippen LogP contribution in [0.1, 0.15) is 44.1 Å². The molecule has 25 heavy (non-hydrogen) atoms. The molecule has 0 radical (unpaired) electrons. The number of carbonyl (C=O) groups excluding carboxylic acids is 1. The van der Waals surface area contributed by atoms with Gasteiger partial charge in [-0.15, -0.1) is 0 Å². The normalized spacial score (nSPS) is 24.8. The number of carbonyl (C=O) groups is 2. The van der Waals surface area contributed by atoms with Crippen molar-refractivity contribution >= 4 is 11.9 Å². The van der Waals surface area contributed by atoms with Gasteiger partial charge in [0.2, 0.25) is 5.91 Å². The molecular weight excluding hydrogens is 318 g/mol. The Morgan fingerprint density at radius 1 is 1.04 bits per heavy atom. The predicted octanol–water partition coefficient (Wildman–Crippen LogP) is 3.26. The molecule has 1 saturated heterocycles. The Morgan fingerprint density at radius 2 is 1.68 bits per heavy atom. The van der Waals surface area contributed by atoms with Crippen molar-refractivity contribution in [3.63, 3.8) is 0 Å². The van der Waals surface area contributed by atoms with Gasteiger partial charge >= 0.3 is 5.97 Å². The van der Waals surface area contributed by atoms with E-state index in [9.17, 15) is 14.7 Å². The summed E-state index contributed by atoms with van der Waals surface area (Å²) >= 11 is 0. The fraction of sp³-hybridized carbons (Fsp3) is 0.600. The summed E-state index contributed by atoms with van der Waals surface area (Å²) in [5, 5.41) is 9.20. The zero-order valence-corrected chi connectivity index (χ0v) is 14.8. The zero-order valence-electron chi connectivity index (χ0n) is 14.8. The van der Waals surface area contributed by atoms with Crippen LogP contribution in [0.25, 0.3) is 0 Å². The number of hydrogen-bond donors (Lipinski definition) is 1. The molecule has 0 aromatic heterocycles. The van der Waals surface area contributed by atoms with Crippen molar-refractivity contribution in [1.82, 2.24) is 4.90 Å². The second kappa shape index (κ2) is 7.89. The summed E-state index contributed by atoms with van der Waals surface area (Å²) in [5.74, 6) is -0.219. The third kappa shape index (κ3) is 4.53. The molecule has 1 N–H and O–H groups in total. The highest BCUT2D eigenvalue weighted by atomic mass is 16.5. The number of likely N-dealkylation sites (tertiary alicyclic amines) is 1. The Kier molecular flexibility index (Phi) is 5.61. The number of hydrogen-bond acceptors (Lipinski definition) is 3. The summed E-state index contributed by atoms with van der Waals surface area (Å²) in [4.78, 5) is 25.8. The van der Waals surface area contributed by atoms with Crippen molar-refractivity contribution in [1.29, 1.82) is 0 Å². The van der Waals surface area contributed by atoms with Crippen LogP contribution in [0.2, 0.25) is 0 Å². The lowest BCUT2D eigenvalue weighted by atomic mass is 9.80. The van der Waals surface area contributed by atoms with Gasteiger partial charge in [0.1, 0.15) is 11.9 Å². The van der Waals surface area contributed by atoms with Crippen LogP contribution < -0.4 is 4.74 Å². The molecular formula is C20H27NO4. The minimum atomic E-state index is -0.761. The molecule has 0 bridgehead atoms. The summed E-state index contributed by atoms with van der Waals surface area (Å²) in [6.07, 6.45) is 4.65. The molecule has 1 aromatic carbocycles. The van der Waals surface area contributed by atoms with Gasteiger partial charge < -0.3 is 14.7 Å². The number of piperidine rings is 1. The molecule has 1 saturated carbocycles. The molecule has 3 rings (SSSR count). The average Bonchev–Trinajstić information content (AvgIpc) is 2.64. The first kappa shape index (κ1) is 17.8. The molecule has 2 fully saturated rings. The van der Waals surface area contributed by atoms with E-state index in [1.165, 1.54) is 5.56 Å². The fourth-order valence-corrected chi connectivity index (χ4v) is 3.90. The van der Waals surface area contributed by atoms with E-state index in [1.807, 2.05) is 36.1 Å². The predicted molar refractivity (Wildman–Crippen MR) is 94.5 cm³/mol. The smallest absolute Gasteiger partial charge is 0.306 e. The van der Waals surface area contributed by atoms with Gasteiger partial charge in [0, 0.05) is 31.8 Å². The second-order valence-corrected chi connectivity index (χ2v) is 7.35. The van der Waals surface area contributed by atoms with E-state index < -0.39 is 5.97 Å². The Balaban J connectivity index is 1.49. The van der Waals surface area contributed by atoms with E-state index in [4.69, 9.17) is 4.74 Å². The van der Waals surface area contributed by atoms with Crippen molar-refractivity contribution in [3.05, 3.63) is 29.8 Å². The van der Waals surface area contributed by atoms with Gasteiger partial charge in [0.05, 0.1) is 5.92 Å². The molecule has 0 spiro atoms. The summed E-state index contributed by atoms with van der Waals surface area (Å²) < 4.78 is 6.02. The molecule has 2 atom stereocenters. The van der Waals surface area contributed by atoms with Crippen LogP contribution in [-0.4, -0.2) is 41.1 Å². The zero-order chi connectivity index (χ0) is 17.8. The van der Waals surface area contributed by atoms with Gasteiger partial charge in [-0.2, -0.15) is 0 Å². The number of ether oxygens (including phenoxy) is 1. The highest BCUT2D eigenvalue weighted by Gasteiger charge is 2.34. The lowest BCUT2D eigenvalue weighted by molar-refractivity contribution is -0.146. The Morgan fingerprint density at radius 3 is 2.32 bits per heavy atom. The maximum absolute atomic E-state index is 12.7. The molecule has 1 heterocycles. The number of aryl methyl sites for hydroxylation is 1. The van der Waals surface area contributed by atoms with Gasteiger partial charge in [-0.25, -0.2) is 0 Å². The average molecular weight is 345 g/mol. The van der Waals surface area contributed by atoms with Gasteiger partial charge in [-0.05, 0) is 38.3 Å². The maximum atomic E-state index is 12.7. The molecule has 1 aliphatic heterocycles. The largest absolute Gasteiger partial charge is 0.490 e. The first-order chi connectivity index (χ1) is 12.0. The summed E-state index contributed by atoms with van der Waals surface area (Å²) in [6, 6.07) is 8.05. The summed E-state index contributed by atoms with van der Waals surface area (Å²) in [6.45, 7) is 3.45. The van der Waals surface area contributed by atoms with E-state index >= 15 is 0 Å². The lowest BCUT2D eigenvalue weighted by Gasteiger charge is -2.36. The van der Waals surface area contributed by atoms with Gasteiger partial charge in [0.25, 0.3) is 0 Å². The molecule has 1 amide bonds. The molecule has 2 unspecified atom stereocenters. The van der Waals surface area contributed by atoms with E-state index in [0.717, 1.165) is 31.4 Å². The molecule has 5 heteroatoms. The van der Waals surface area contributed by atoms with Crippen LogP contribution in [-0.2, 0) is 9.59 Å². The lowest BCUT2D eigenvalue weighted by Crippen LogP contribution is -2.45. The monoisotopic (exact) mass is 345 g/mol. The van der Waals surface area contributed by atoms with Gasteiger partial charge in [0.15, 0.2) is 0 Å². The highest BCUT2D eigenvalue weighted by molar-refractivity contribution is 5.80. The summed E-state index contributed by atoms with van der Waals surface area (Å²) in [5.41, 5.74) is 1.21.